The first-order chi connectivity index (χ1) is 10.5. The number of hydrogen-bond acceptors (Lipinski definition) is 4. The first-order valence-electron chi connectivity index (χ1n) is 7.40. The van der Waals surface area contributed by atoms with Crippen molar-refractivity contribution in [2.75, 3.05) is 14.2 Å². The molecule has 2 atom stereocenters. The number of aliphatic hydroxyl groups is 1. The summed E-state index contributed by atoms with van der Waals surface area (Å²) in [7, 11) is 3.19. The van der Waals surface area contributed by atoms with Gasteiger partial charge in [-0.1, -0.05) is 19.1 Å². The lowest BCUT2D eigenvalue weighted by atomic mass is 9.79. The molecule has 22 heavy (non-hydrogen) atoms. The van der Waals surface area contributed by atoms with Gasteiger partial charge in [-0.3, -0.25) is 4.98 Å². The van der Waals surface area contributed by atoms with Gasteiger partial charge in [-0.2, -0.15) is 0 Å². The minimum atomic E-state index is -1.05. The van der Waals surface area contributed by atoms with E-state index >= 15 is 0 Å². The largest absolute Gasteiger partial charge is 0.493 e. The van der Waals surface area contributed by atoms with E-state index < -0.39 is 5.60 Å². The fraction of sp³-hybridized carbons (Fsp3) is 0.389. The van der Waals surface area contributed by atoms with Gasteiger partial charge < -0.3 is 14.6 Å². The lowest BCUT2D eigenvalue weighted by molar-refractivity contribution is 0.0233. The molecule has 0 aliphatic rings. The smallest absolute Gasteiger partial charge is 0.161 e. The van der Waals surface area contributed by atoms with Crippen LogP contribution in [0.4, 0.5) is 0 Å². The molecule has 0 spiro atoms. The highest BCUT2D eigenvalue weighted by atomic mass is 16.5. The van der Waals surface area contributed by atoms with Crippen LogP contribution in [0.25, 0.3) is 0 Å². The summed E-state index contributed by atoms with van der Waals surface area (Å²) in [6.07, 6.45) is 2.53. The van der Waals surface area contributed by atoms with Crippen molar-refractivity contribution >= 4 is 0 Å². The van der Waals surface area contributed by atoms with Gasteiger partial charge in [0.15, 0.2) is 11.5 Å². The summed E-state index contributed by atoms with van der Waals surface area (Å²) in [5, 5.41) is 11.1. The Labute approximate surface area is 131 Å². The molecular formula is C18H23NO3. The lowest BCUT2D eigenvalue weighted by Crippen LogP contribution is -2.30. The monoisotopic (exact) mass is 301 g/mol. The van der Waals surface area contributed by atoms with Crippen molar-refractivity contribution in [3.8, 4) is 11.5 Å². The summed E-state index contributed by atoms with van der Waals surface area (Å²) in [5.74, 6) is 1.15. The molecule has 1 aromatic heterocycles. The predicted molar refractivity (Wildman–Crippen MR) is 86.4 cm³/mol. The molecule has 0 aliphatic carbocycles. The summed E-state index contributed by atoms with van der Waals surface area (Å²) in [5.41, 5.74) is 0.607. The topological polar surface area (TPSA) is 51.6 Å². The van der Waals surface area contributed by atoms with E-state index in [0.29, 0.717) is 11.5 Å². The Kier molecular flexibility index (Phi) is 5.03. The van der Waals surface area contributed by atoms with E-state index in [9.17, 15) is 5.11 Å². The molecule has 0 saturated carbocycles. The Balaban J connectivity index is 2.44. The molecule has 118 valence electrons. The molecule has 1 aromatic carbocycles. The van der Waals surface area contributed by atoms with Crippen molar-refractivity contribution in [1.29, 1.82) is 0 Å². The standard InChI is InChI=1S/C18H23NO3/c1-5-14(15-8-6-7-11-19-15)18(2,20)13-9-10-16(21-3)17(12-13)22-4/h6-12,14,20H,5H2,1-4H3/t14-,18+/m1/s1. The maximum atomic E-state index is 11.1. The molecule has 0 radical (unpaired) electrons. The zero-order valence-electron chi connectivity index (χ0n) is 13.5. The van der Waals surface area contributed by atoms with E-state index in [-0.39, 0.29) is 5.92 Å². The van der Waals surface area contributed by atoms with E-state index in [1.807, 2.05) is 43.3 Å². The highest BCUT2D eigenvalue weighted by Gasteiger charge is 2.35. The second-order valence-corrected chi connectivity index (χ2v) is 5.43. The molecule has 4 heteroatoms. The lowest BCUT2D eigenvalue weighted by Gasteiger charge is -2.33. The van der Waals surface area contributed by atoms with Crippen molar-refractivity contribution in [3.05, 3.63) is 53.9 Å². The normalized spacial score (nSPS) is 15.0. The van der Waals surface area contributed by atoms with Crippen LogP contribution in [0.1, 0.15) is 37.4 Å². The van der Waals surface area contributed by atoms with Gasteiger partial charge in [-0.15, -0.1) is 0 Å². The van der Waals surface area contributed by atoms with E-state index in [0.717, 1.165) is 17.7 Å². The van der Waals surface area contributed by atoms with Crippen molar-refractivity contribution in [1.82, 2.24) is 4.98 Å². The van der Waals surface area contributed by atoms with Crippen LogP contribution in [0.3, 0.4) is 0 Å². The zero-order chi connectivity index (χ0) is 16.2. The molecule has 0 saturated heterocycles. The number of nitrogens with zero attached hydrogens (tertiary/aromatic N) is 1. The number of ether oxygens (including phenoxy) is 2. The van der Waals surface area contributed by atoms with Gasteiger partial charge in [0.25, 0.3) is 0 Å². The van der Waals surface area contributed by atoms with Gasteiger partial charge in [0.1, 0.15) is 0 Å². The summed E-state index contributed by atoms with van der Waals surface area (Å²) >= 11 is 0. The van der Waals surface area contributed by atoms with E-state index in [1.165, 1.54) is 0 Å². The molecule has 0 bridgehead atoms. The van der Waals surface area contributed by atoms with Crippen LogP contribution in [-0.4, -0.2) is 24.3 Å². The third-order valence-corrected chi connectivity index (χ3v) is 4.10. The fourth-order valence-corrected chi connectivity index (χ4v) is 2.83. The van der Waals surface area contributed by atoms with Crippen LogP contribution in [0.15, 0.2) is 42.6 Å². The van der Waals surface area contributed by atoms with Crippen LogP contribution in [0.5, 0.6) is 11.5 Å². The van der Waals surface area contributed by atoms with Crippen molar-refractivity contribution in [3.63, 3.8) is 0 Å². The van der Waals surface area contributed by atoms with Crippen LogP contribution >= 0.6 is 0 Å². The Morgan fingerprint density at radius 1 is 1.14 bits per heavy atom. The second-order valence-electron chi connectivity index (χ2n) is 5.43. The molecule has 1 N–H and O–H groups in total. The molecule has 2 aromatic rings. The number of pyridine rings is 1. The molecule has 4 nitrogen and oxygen atoms in total. The number of benzene rings is 1. The third kappa shape index (κ3) is 3.07. The van der Waals surface area contributed by atoms with Gasteiger partial charge in [-0.25, -0.2) is 0 Å². The second kappa shape index (κ2) is 6.79. The summed E-state index contributed by atoms with van der Waals surface area (Å²) in [4.78, 5) is 4.40. The molecule has 0 unspecified atom stereocenters. The highest BCUT2D eigenvalue weighted by molar-refractivity contribution is 5.45. The van der Waals surface area contributed by atoms with E-state index in [2.05, 4.69) is 11.9 Å². The Morgan fingerprint density at radius 3 is 2.41 bits per heavy atom. The van der Waals surface area contributed by atoms with Crippen LogP contribution in [-0.2, 0) is 5.60 Å². The molecule has 2 rings (SSSR count). The van der Waals surface area contributed by atoms with Crippen LogP contribution < -0.4 is 9.47 Å². The Morgan fingerprint density at radius 2 is 1.86 bits per heavy atom. The Bertz CT molecular complexity index is 611. The molecule has 0 fully saturated rings. The maximum Gasteiger partial charge on any atom is 0.161 e. The Hall–Kier alpha value is -2.07. The maximum absolute atomic E-state index is 11.1. The third-order valence-electron chi connectivity index (χ3n) is 4.10. The first kappa shape index (κ1) is 16.3. The first-order valence-corrected chi connectivity index (χ1v) is 7.40. The number of methoxy groups -OCH3 is 2. The number of aromatic nitrogens is 1. The SMILES string of the molecule is CC[C@H](c1ccccn1)[C@@](C)(O)c1ccc(OC)c(OC)c1. The molecule has 1 heterocycles. The summed E-state index contributed by atoms with van der Waals surface area (Å²) in [6.45, 7) is 3.87. The minimum Gasteiger partial charge on any atom is -0.493 e. The summed E-state index contributed by atoms with van der Waals surface area (Å²) in [6, 6.07) is 11.3. The predicted octanol–water partition coefficient (Wildman–Crippen LogP) is 3.50. The summed E-state index contributed by atoms with van der Waals surface area (Å²) < 4.78 is 10.6. The van der Waals surface area contributed by atoms with Gasteiger partial charge in [-0.05, 0) is 43.2 Å². The van der Waals surface area contributed by atoms with Crippen molar-refractivity contribution in [2.24, 2.45) is 0 Å². The zero-order valence-corrected chi connectivity index (χ0v) is 13.5. The van der Waals surface area contributed by atoms with Gasteiger partial charge in [0.05, 0.1) is 19.8 Å². The highest BCUT2D eigenvalue weighted by Crippen LogP contribution is 2.41. The fourth-order valence-electron chi connectivity index (χ4n) is 2.83. The average Bonchev–Trinajstić information content (AvgIpc) is 2.55. The van der Waals surface area contributed by atoms with Crippen molar-refractivity contribution < 1.29 is 14.6 Å². The quantitative estimate of drug-likeness (QED) is 0.887. The van der Waals surface area contributed by atoms with E-state index in [4.69, 9.17) is 9.47 Å². The van der Waals surface area contributed by atoms with Crippen LogP contribution in [0.2, 0.25) is 0 Å². The molecule has 0 aliphatic heterocycles. The van der Waals surface area contributed by atoms with Gasteiger partial charge >= 0.3 is 0 Å². The van der Waals surface area contributed by atoms with E-state index in [1.54, 1.807) is 20.4 Å². The van der Waals surface area contributed by atoms with Gasteiger partial charge in [0.2, 0.25) is 0 Å². The molecule has 0 amide bonds. The number of hydrogen-bond donors (Lipinski definition) is 1. The van der Waals surface area contributed by atoms with Crippen LogP contribution in [0, 0.1) is 0 Å². The number of rotatable bonds is 6. The average molecular weight is 301 g/mol. The van der Waals surface area contributed by atoms with Gasteiger partial charge in [0, 0.05) is 17.8 Å². The minimum absolute atomic E-state index is 0.105. The van der Waals surface area contributed by atoms with Crippen molar-refractivity contribution in [2.45, 2.75) is 31.8 Å². The molecular weight excluding hydrogens is 278 g/mol.